The van der Waals surface area contributed by atoms with Gasteiger partial charge in [0, 0.05) is 0 Å². The Bertz CT molecular complexity index is 619. The first-order valence-electron chi connectivity index (χ1n) is 5.76. The van der Waals surface area contributed by atoms with E-state index in [9.17, 15) is 0 Å². The number of benzene rings is 1. The van der Waals surface area contributed by atoms with E-state index in [0.29, 0.717) is 0 Å². The molecule has 2 nitrogen and oxygen atoms in total. The van der Waals surface area contributed by atoms with Gasteiger partial charge in [-0.05, 0) is 18.6 Å². The third kappa shape index (κ3) is 1.45. The molecule has 0 radical (unpaired) electrons. The molecule has 1 aliphatic carbocycles. The van der Waals surface area contributed by atoms with E-state index in [1.54, 1.807) is 0 Å². The van der Waals surface area contributed by atoms with Crippen molar-refractivity contribution in [2.75, 3.05) is 0 Å². The van der Waals surface area contributed by atoms with Crippen molar-refractivity contribution in [3.8, 4) is 0 Å². The Kier molecular flexibility index (Phi) is 2.22. The van der Waals surface area contributed by atoms with Crippen LogP contribution >= 0.6 is 0 Å². The number of rotatable bonds is 2. The molecule has 17 heavy (non-hydrogen) atoms. The summed E-state index contributed by atoms with van der Waals surface area (Å²) in [5.41, 5.74) is 1.99. The highest BCUT2D eigenvalue weighted by Gasteiger charge is 2.26. The fourth-order valence-electron chi connectivity index (χ4n) is 2.34. The largest absolute Gasteiger partial charge is 0.317 e. The number of aromatic nitrogens is 2. The van der Waals surface area contributed by atoms with Gasteiger partial charge in [-0.3, -0.25) is 0 Å². The highest BCUT2D eigenvalue weighted by molar-refractivity contribution is 5.75. The van der Waals surface area contributed by atoms with Gasteiger partial charge in [-0.1, -0.05) is 42.5 Å². The average molecular weight is 222 g/mol. The number of hydrogen-bond acceptors (Lipinski definition) is 1. The normalized spacial score (nSPS) is 23.1. The van der Waals surface area contributed by atoms with E-state index in [2.05, 4.69) is 46.5 Å². The lowest BCUT2D eigenvalue weighted by atomic mass is 9.91. The minimum atomic E-state index is -0.176. The smallest absolute Gasteiger partial charge is 0.0968 e. The van der Waals surface area contributed by atoms with Gasteiger partial charge in [-0.15, -0.1) is 6.58 Å². The molecule has 2 heteroatoms. The lowest BCUT2D eigenvalue weighted by Gasteiger charge is -2.30. The summed E-state index contributed by atoms with van der Waals surface area (Å²) < 4.78 is 2.19. The second-order valence-electron chi connectivity index (χ2n) is 4.29. The summed E-state index contributed by atoms with van der Waals surface area (Å²) in [4.78, 5) is 4.44. The van der Waals surface area contributed by atoms with Gasteiger partial charge in [0.15, 0.2) is 0 Å². The molecule has 0 aliphatic heterocycles. The monoisotopic (exact) mass is 222 g/mol. The van der Waals surface area contributed by atoms with Gasteiger partial charge < -0.3 is 4.57 Å². The summed E-state index contributed by atoms with van der Waals surface area (Å²) in [6.45, 7) is 3.99. The van der Waals surface area contributed by atoms with Gasteiger partial charge >= 0.3 is 0 Å². The third-order valence-corrected chi connectivity index (χ3v) is 3.33. The minimum Gasteiger partial charge on any atom is -0.317 e. The molecule has 3 rings (SSSR count). The van der Waals surface area contributed by atoms with E-state index < -0.39 is 0 Å². The molecule has 0 spiro atoms. The molecule has 1 unspecified atom stereocenters. The van der Waals surface area contributed by atoms with Crippen molar-refractivity contribution >= 4 is 11.0 Å². The van der Waals surface area contributed by atoms with Crippen molar-refractivity contribution in [1.82, 2.24) is 9.55 Å². The average Bonchev–Trinajstić information content (AvgIpc) is 2.84. The number of fused-ring (bicyclic) bond motifs is 1. The van der Waals surface area contributed by atoms with Gasteiger partial charge in [-0.25, -0.2) is 4.98 Å². The summed E-state index contributed by atoms with van der Waals surface area (Å²) in [6, 6.07) is 8.18. The van der Waals surface area contributed by atoms with Crippen LogP contribution < -0.4 is 0 Å². The van der Waals surface area contributed by atoms with E-state index in [-0.39, 0.29) is 5.54 Å². The first-order chi connectivity index (χ1) is 8.36. The topological polar surface area (TPSA) is 17.8 Å². The number of imidazole rings is 1. The molecular weight excluding hydrogens is 208 g/mol. The molecule has 1 heterocycles. The SMILES string of the molecule is C=CC1(n2cnc3ccccc32)C=CC=CC1. The van der Waals surface area contributed by atoms with Gasteiger partial charge in [0.1, 0.15) is 0 Å². The zero-order chi connectivity index (χ0) is 11.7. The lowest BCUT2D eigenvalue weighted by Crippen LogP contribution is -2.28. The van der Waals surface area contributed by atoms with Crippen LogP contribution in [0.4, 0.5) is 0 Å². The van der Waals surface area contributed by atoms with Crippen LogP contribution in [-0.4, -0.2) is 9.55 Å². The molecule has 1 aliphatic rings. The Morgan fingerprint density at radius 2 is 2.18 bits per heavy atom. The predicted octanol–water partition coefficient (Wildman–Crippen LogP) is 3.43. The Labute approximate surface area is 101 Å². The van der Waals surface area contributed by atoms with E-state index in [4.69, 9.17) is 0 Å². The molecule has 2 aromatic rings. The van der Waals surface area contributed by atoms with Crippen LogP contribution in [0.1, 0.15) is 6.42 Å². The highest BCUT2D eigenvalue weighted by Crippen LogP contribution is 2.31. The quantitative estimate of drug-likeness (QED) is 0.712. The van der Waals surface area contributed by atoms with Crippen LogP contribution in [-0.2, 0) is 5.54 Å². The first-order valence-corrected chi connectivity index (χ1v) is 5.76. The highest BCUT2D eigenvalue weighted by atomic mass is 15.1. The molecule has 0 saturated heterocycles. The molecule has 84 valence electrons. The Hall–Kier alpha value is -2.09. The fourth-order valence-corrected chi connectivity index (χ4v) is 2.34. The summed E-state index contributed by atoms with van der Waals surface area (Å²) in [7, 11) is 0. The van der Waals surface area contributed by atoms with Gasteiger partial charge in [0.05, 0.1) is 22.9 Å². The van der Waals surface area contributed by atoms with Crippen molar-refractivity contribution in [3.63, 3.8) is 0 Å². The van der Waals surface area contributed by atoms with Crippen molar-refractivity contribution in [3.05, 3.63) is 67.6 Å². The second kappa shape index (κ2) is 3.74. The van der Waals surface area contributed by atoms with Crippen molar-refractivity contribution in [2.45, 2.75) is 12.0 Å². The van der Waals surface area contributed by atoms with Crippen molar-refractivity contribution in [2.24, 2.45) is 0 Å². The molecule has 0 N–H and O–H groups in total. The van der Waals surface area contributed by atoms with E-state index in [1.165, 1.54) is 0 Å². The molecule has 1 aromatic carbocycles. The lowest BCUT2D eigenvalue weighted by molar-refractivity contribution is 0.481. The van der Waals surface area contributed by atoms with Crippen LogP contribution in [0.3, 0.4) is 0 Å². The predicted molar refractivity (Wildman–Crippen MR) is 70.8 cm³/mol. The molecule has 1 atom stereocenters. The maximum atomic E-state index is 4.44. The van der Waals surface area contributed by atoms with E-state index in [1.807, 2.05) is 30.6 Å². The number of hydrogen-bond donors (Lipinski definition) is 0. The van der Waals surface area contributed by atoms with Gasteiger partial charge in [0.2, 0.25) is 0 Å². The van der Waals surface area contributed by atoms with Crippen LogP contribution in [0.15, 0.2) is 67.6 Å². The van der Waals surface area contributed by atoms with E-state index >= 15 is 0 Å². The van der Waals surface area contributed by atoms with Crippen LogP contribution in [0.25, 0.3) is 11.0 Å². The maximum absolute atomic E-state index is 4.44. The number of allylic oxidation sites excluding steroid dienone is 5. The summed E-state index contributed by atoms with van der Waals surface area (Å²) in [5.74, 6) is 0. The van der Waals surface area contributed by atoms with Gasteiger partial charge in [-0.2, -0.15) is 0 Å². The second-order valence-corrected chi connectivity index (χ2v) is 4.29. The van der Waals surface area contributed by atoms with Crippen molar-refractivity contribution in [1.29, 1.82) is 0 Å². The molecule has 1 aromatic heterocycles. The molecule has 0 fully saturated rings. The summed E-state index contributed by atoms with van der Waals surface area (Å²) in [6.07, 6.45) is 13.3. The summed E-state index contributed by atoms with van der Waals surface area (Å²) >= 11 is 0. The molecular formula is C15H14N2. The number of para-hydroxylation sites is 2. The molecule has 0 bridgehead atoms. The zero-order valence-corrected chi connectivity index (χ0v) is 9.58. The maximum Gasteiger partial charge on any atom is 0.0968 e. The standard InChI is InChI=1S/C15H14N2/c1-2-15(10-6-3-7-11-15)17-12-16-13-8-4-5-9-14(13)17/h2-10,12H,1,11H2. The van der Waals surface area contributed by atoms with Gasteiger partial charge in [0.25, 0.3) is 0 Å². The van der Waals surface area contributed by atoms with Crippen LogP contribution in [0.5, 0.6) is 0 Å². The minimum absolute atomic E-state index is 0.176. The Balaban J connectivity index is 2.23. The fraction of sp³-hybridized carbons (Fsp3) is 0.133. The third-order valence-electron chi connectivity index (χ3n) is 3.33. The van der Waals surface area contributed by atoms with Crippen LogP contribution in [0.2, 0.25) is 0 Å². The number of nitrogens with zero attached hydrogens (tertiary/aromatic N) is 2. The molecule has 0 saturated carbocycles. The van der Waals surface area contributed by atoms with Crippen LogP contribution in [0, 0.1) is 0 Å². The molecule has 0 amide bonds. The zero-order valence-electron chi connectivity index (χ0n) is 9.58. The summed E-state index contributed by atoms with van der Waals surface area (Å²) in [5, 5.41) is 0. The Morgan fingerprint density at radius 3 is 2.94 bits per heavy atom. The van der Waals surface area contributed by atoms with Crippen molar-refractivity contribution < 1.29 is 0 Å². The van der Waals surface area contributed by atoms with E-state index in [0.717, 1.165) is 17.5 Å². The Morgan fingerprint density at radius 1 is 1.29 bits per heavy atom. The first kappa shape index (κ1) is 10.1.